The molecule has 29 heavy (non-hydrogen) atoms. The van der Waals surface area contributed by atoms with Crippen LogP contribution < -0.4 is 10.2 Å². The van der Waals surface area contributed by atoms with Crippen molar-refractivity contribution in [2.45, 2.75) is 26.2 Å². The number of carbonyl (C=O) groups excluding carboxylic acids is 1. The summed E-state index contributed by atoms with van der Waals surface area (Å²) in [6, 6.07) is 16.4. The molecule has 4 rings (SSSR count). The highest BCUT2D eigenvalue weighted by molar-refractivity contribution is 6.02. The van der Waals surface area contributed by atoms with Crippen molar-refractivity contribution >= 4 is 28.2 Å². The molecule has 1 aromatic heterocycles. The molecule has 2 N–H and O–H groups in total. The summed E-state index contributed by atoms with van der Waals surface area (Å²) >= 11 is 0. The van der Waals surface area contributed by atoms with Gasteiger partial charge in [-0.1, -0.05) is 18.2 Å². The van der Waals surface area contributed by atoms with Crippen LogP contribution in [0.15, 0.2) is 48.5 Å². The van der Waals surface area contributed by atoms with Crippen LogP contribution in [0.25, 0.3) is 10.9 Å². The number of likely N-dealkylation sites (N-methyl/N-ethyl adjacent to an activating group) is 1. The van der Waals surface area contributed by atoms with E-state index in [1.54, 1.807) is 0 Å². The summed E-state index contributed by atoms with van der Waals surface area (Å²) < 4.78 is 0. The van der Waals surface area contributed by atoms with Gasteiger partial charge in [0.2, 0.25) is 5.91 Å². The minimum atomic E-state index is -0.653. The first-order valence-corrected chi connectivity index (χ1v) is 10.3. The van der Waals surface area contributed by atoms with Crippen LogP contribution in [-0.4, -0.2) is 49.0 Å². The first-order chi connectivity index (χ1) is 13.9. The van der Waals surface area contributed by atoms with E-state index < -0.39 is 5.41 Å². The molecule has 0 spiro atoms. The van der Waals surface area contributed by atoms with Crippen molar-refractivity contribution in [3.05, 3.63) is 59.8 Å². The van der Waals surface area contributed by atoms with Gasteiger partial charge in [0.1, 0.15) is 0 Å². The van der Waals surface area contributed by atoms with Gasteiger partial charge in [-0.05, 0) is 63.7 Å². The third-order valence-electron chi connectivity index (χ3n) is 6.08. The zero-order valence-corrected chi connectivity index (χ0v) is 17.7. The molecule has 0 radical (unpaired) electrons. The topological polar surface area (TPSA) is 51.4 Å². The lowest BCUT2D eigenvalue weighted by molar-refractivity contribution is -0.120. The minimum Gasteiger partial charge on any atom is -0.369 e. The van der Waals surface area contributed by atoms with E-state index in [-0.39, 0.29) is 5.91 Å². The van der Waals surface area contributed by atoms with Gasteiger partial charge in [0, 0.05) is 54.2 Å². The number of hydrogen-bond donors (Lipinski definition) is 2. The smallest absolute Gasteiger partial charge is 0.234 e. The van der Waals surface area contributed by atoms with Crippen LogP contribution in [0.4, 0.5) is 11.4 Å². The number of carbonyl (C=O) groups is 1. The lowest BCUT2D eigenvalue weighted by Gasteiger charge is -2.34. The number of para-hydroxylation sites is 1. The molecule has 5 heteroatoms. The van der Waals surface area contributed by atoms with Gasteiger partial charge in [-0.2, -0.15) is 0 Å². The van der Waals surface area contributed by atoms with Crippen molar-refractivity contribution in [3.8, 4) is 0 Å². The van der Waals surface area contributed by atoms with Gasteiger partial charge >= 0.3 is 0 Å². The van der Waals surface area contributed by atoms with Gasteiger partial charge in [-0.25, -0.2) is 0 Å². The van der Waals surface area contributed by atoms with E-state index in [2.05, 4.69) is 51.4 Å². The summed E-state index contributed by atoms with van der Waals surface area (Å²) in [4.78, 5) is 21.4. The number of nitrogens with one attached hydrogen (secondary N) is 2. The minimum absolute atomic E-state index is 0.00213. The normalized spacial score (nSPS) is 15.7. The predicted molar refractivity (Wildman–Crippen MR) is 121 cm³/mol. The molecule has 5 nitrogen and oxygen atoms in total. The summed E-state index contributed by atoms with van der Waals surface area (Å²) in [7, 11) is 2.16. The Balaban J connectivity index is 1.51. The number of fused-ring (bicyclic) bond motifs is 1. The molecule has 1 saturated heterocycles. The van der Waals surface area contributed by atoms with E-state index in [0.29, 0.717) is 0 Å². The van der Waals surface area contributed by atoms with Crippen LogP contribution in [0.5, 0.6) is 0 Å². The van der Waals surface area contributed by atoms with Crippen LogP contribution in [0.1, 0.15) is 25.1 Å². The molecule has 1 aliphatic rings. The Morgan fingerprint density at radius 3 is 2.34 bits per heavy atom. The molecule has 2 heterocycles. The van der Waals surface area contributed by atoms with E-state index in [1.807, 2.05) is 45.0 Å². The number of aromatic amines is 1. The van der Waals surface area contributed by atoms with Crippen LogP contribution in [0.2, 0.25) is 0 Å². The lowest BCUT2D eigenvalue weighted by atomic mass is 9.81. The summed E-state index contributed by atoms with van der Waals surface area (Å²) in [5.41, 5.74) is 4.55. The molecule has 0 unspecified atom stereocenters. The molecule has 0 aliphatic carbocycles. The fourth-order valence-electron chi connectivity index (χ4n) is 4.30. The van der Waals surface area contributed by atoms with Gasteiger partial charge in [-0.3, -0.25) is 4.79 Å². The van der Waals surface area contributed by atoms with Gasteiger partial charge < -0.3 is 20.1 Å². The van der Waals surface area contributed by atoms with Crippen LogP contribution in [-0.2, 0) is 10.2 Å². The number of H-pyrrole nitrogens is 1. The van der Waals surface area contributed by atoms with Gasteiger partial charge in [0.25, 0.3) is 0 Å². The summed E-state index contributed by atoms with van der Waals surface area (Å²) in [6.07, 6.45) is 0. The maximum absolute atomic E-state index is 13.2. The summed E-state index contributed by atoms with van der Waals surface area (Å²) in [5.74, 6) is -0.00213. The molecule has 0 saturated carbocycles. The number of benzene rings is 2. The monoisotopic (exact) mass is 390 g/mol. The predicted octanol–water partition coefficient (Wildman–Crippen LogP) is 4.14. The molecule has 1 amide bonds. The highest BCUT2D eigenvalue weighted by Crippen LogP contribution is 2.34. The van der Waals surface area contributed by atoms with E-state index in [0.717, 1.165) is 54.0 Å². The van der Waals surface area contributed by atoms with Crippen molar-refractivity contribution in [3.63, 3.8) is 0 Å². The highest BCUT2D eigenvalue weighted by Gasteiger charge is 2.34. The van der Waals surface area contributed by atoms with E-state index >= 15 is 0 Å². The SMILES string of the molecule is Cc1[nH]c2ccccc2c1C(C)(C)C(=O)Nc1ccc(N2CCN(C)CC2)cc1. The molecule has 3 aromatic rings. The number of aromatic nitrogens is 1. The fraction of sp³-hybridized carbons (Fsp3) is 0.375. The number of piperazine rings is 1. The van der Waals surface area contributed by atoms with E-state index in [4.69, 9.17) is 0 Å². The number of nitrogens with zero attached hydrogens (tertiary/aromatic N) is 2. The first-order valence-electron chi connectivity index (χ1n) is 10.3. The number of amides is 1. The molecule has 1 fully saturated rings. The zero-order valence-electron chi connectivity index (χ0n) is 17.7. The van der Waals surface area contributed by atoms with Crippen molar-refractivity contribution < 1.29 is 4.79 Å². The molecular weight excluding hydrogens is 360 g/mol. The molecule has 2 aromatic carbocycles. The van der Waals surface area contributed by atoms with Crippen molar-refractivity contribution in [1.29, 1.82) is 0 Å². The number of aryl methyl sites for hydroxylation is 1. The van der Waals surface area contributed by atoms with Crippen LogP contribution >= 0.6 is 0 Å². The molecular formula is C24H30N4O. The third-order valence-corrected chi connectivity index (χ3v) is 6.08. The molecule has 1 aliphatic heterocycles. The quantitative estimate of drug-likeness (QED) is 0.704. The average molecular weight is 391 g/mol. The Hall–Kier alpha value is -2.79. The second kappa shape index (κ2) is 7.56. The Bertz CT molecular complexity index is 1010. The highest BCUT2D eigenvalue weighted by atomic mass is 16.2. The standard InChI is InChI=1S/C24H30N4O/c1-17-22(20-7-5-6-8-21(20)25-17)24(2,3)23(29)26-18-9-11-19(12-10-18)28-15-13-27(4)14-16-28/h5-12,25H,13-16H2,1-4H3,(H,26,29). The average Bonchev–Trinajstić information content (AvgIpc) is 3.05. The van der Waals surface area contributed by atoms with E-state index in [9.17, 15) is 4.79 Å². The summed E-state index contributed by atoms with van der Waals surface area (Å²) in [6.45, 7) is 10.2. The second-order valence-corrected chi connectivity index (χ2v) is 8.59. The summed E-state index contributed by atoms with van der Waals surface area (Å²) in [5, 5.41) is 4.23. The van der Waals surface area contributed by atoms with Crippen molar-refractivity contribution in [2.75, 3.05) is 43.4 Å². The van der Waals surface area contributed by atoms with Crippen molar-refractivity contribution in [2.24, 2.45) is 0 Å². The fourth-order valence-corrected chi connectivity index (χ4v) is 4.30. The molecule has 0 atom stereocenters. The van der Waals surface area contributed by atoms with E-state index in [1.165, 1.54) is 5.69 Å². The maximum Gasteiger partial charge on any atom is 0.234 e. The Morgan fingerprint density at radius 1 is 1.00 bits per heavy atom. The van der Waals surface area contributed by atoms with Gasteiger partial charge in [0.05, 0.1) is 5.41 Å². The Kier molecular flexibility index (Phi) is 5.09. The zero-order chi connectivity index (χ0) is 20.6. The van der Waals surface area contributed by atoms with Gasteiger partial charge in [0.15, 0.2) is 0 Å². The van der Waals surface area contributed by atoms with Gasteiger partial charge in [-0.15, -0.1) is 0 Å². The first kappa shape index (κ1) is 19.5. The van der Waals surface area contributed by atoms with Crippen LogP contribution in [0.3, 0.4) is 0 Å². The Morgan fingerprint density at radius 2 is 1.66 bits per heavy atom. The number of rotatable bonds is 4. The number of anilines is 2. The maximum atomic E-state index is 13.2. The van der Waals surface area contributed by atoms with Crippen LogP contribution in [0, 0.1) is 6.92 Å². The number of hydrogen-bond acceptors (Lipinski definition) is 3. The molecule has 0 bridgehead atoms. The molecule has 152 valence electrons. The van der Waals surface area contributed by atoms with Crippen molar-refractivity contribution in [1.82, 2.24) is 9.88 Å². The lowest BCUT2D eigenvalue weighted by Crippen LogP contribution is -2.44. The largest absolute Gasteiger partial charge is 0.369 e. The third kappa shape index (κ3) is 3.75. The second-order valence-electron chi connectivity index (χ2n) is 8.59. The Labute approximate surface area is 172 Å².